The lowest BCUT2D eigenvalue weighted by Crippen LogP contribution is -2.49. The molecular formula is C29H37Cl2N5O7S. The first-order chi connectivity index (χ1) is 20.1. The first kappa shape index (κ1) is 36.4. The van der Waals surface area contributed by atoms with Crippen molar-refractivity contribution in [1.82, 2.24) is 9.62 Å². The van der Waals surface area contributed by atoms with Crippen LogP contribution in [0.2, 0.25) is 0 Å². The molecule has 0 unspecified atom stereocenters. The minimum absolute atomic E-state index is 0. The number of methoxy groups -OCH3 is 1. The predicted molar refractivity (Wildman–Crippen MR) is 173 cm³/mol. The lowest BCUT2D eigenvalue weighted by atomic mass is 10.0. The Balaban J connectivity index is 0.00000337. The highest BCUT2D eigenvalue weighted by molar-refractivity contribution is 7.91. The van der Waals surface area contributed by atoms with Crippen molar-refractivity contribution in [3.05, 3.63) is 71.8 Å². The van der Waals surface area contributed by atoms with E-state index in [1.807, 2.05) is 12.1 Å². The number of nitrogen functional groups attached to an aromatic ring is 1. The van der Waals surface area contributed by atoms with Gasteiger partial charge in [-0.1, -0.05) is 24.3 Å². The first-order valence-electron chi connectivity index (χ1n) is 13.5. The number of esters is 1. The van der Waals surface area contributed by atoms with Crippen molar-refractivity contribution >= 4 is 69.4 Å². The van der Waals surface area contributed by atoms with Gasteiger partial charge in [-0.15, -0.1) is 24.8 Å². The minimum atomic E-state index is -4.67. The molecule has 0 aromatic heterocycles. The Morgan fingerprint density at radius 2 is 1.66 bits per heavy atom. The summed E-state index contributed by atoms with van der Waals surface area (Å²) in [5, 5.41) is 12.7. The second-order valence-corrected chi connectivity index (χ2v) is 11.4. The summed E-state index contributed by atoms with van der Waals surface area (Å²) in [7, 11) is -3.57. The number of hydrogen-bond donors (Lipinski definition) is 3. The van der Waals surface area contributed by atoms with Crippen LogP contribution in [0.3, 0.4) is 0 Å². The summed E-state index contributed by atoms with van der Waals surface area (Å²) in [4.78, 5) is 25.0. The number of nitrogens with two attached hydrogens (primary N) is 1. The number of fused-ring (bicyclic) bond motifs is 1. The van der Waals surface area contributed by atoms with Gasteiger partial charge in [0, 0.05) is 5.56 Å². The van der Waals surface area contributed by atoms with Gasteiger partial charge in [0.2, 0.25) is 0 Å². The number of carbonyl (C=O) groups is 2. The number of rotatable bonds is 11. The number of halogens is 2. The van der Waals surface area contributed by atoms with Gasteiger partial charge in [0.15, 0.2) is 0 Å². The van der Waals surface area contributed by atoms with E-state index in [0.717, 1.165) is 48.1 Å². The number of benzene rings is 3. The number of hydrogen-bond acceptors (Lipinski definition) is 9. The zero-order valence-electron chi connectivity index (χ0n) is 24.4. The van der Waals surface area contributed by atoms with Crippen molar-refractivity contribution in [3.63, 3.8) is 0 Å². The second kappa shape index (κ2) is 16.3. The predicted octanol–water partition coefficient (Wildman–Crippen LogP) is 3.98. The molecule has 1 aliphatic rings. The van der Waals surface area contributed by atoms with Crippen molar-refractivity contribution in [3.8, 4) is 5.75 Å². The van der Waals surface area contributed by atoms with Gasteiger partial charge in [0.05, 0.1) is 25.9 Å². The van der Waals surface area contributed by atoms with Crippen molar-refractivity contribution in [2.45, 2.75) is 32.4 Å². The summed E-state index contributed by atoms with van der Waals surface area (Å²) in [6.07, 6.45) is 0.562. The summed E-state index contributed by atoms with van der Waals surface area (Å²) in [6, 6.07) is 17.2. The molecule has 4 rings (SSSR count). The average Bonchev–Trinajstić information content (AvgIpc) is 2.99. The fourth-order valence-electron chi connectivity index (χ4n) is 4.57. The topological polar surface area (TPSA) is 164 Å². The molecule has 12 nitrogen and oxygen atoms in total. The van der Waals surface area contributed by atoms with Crippen molar-refractivity contribution in [2.75, 3.05) is 37.7 Å². The van der Waals surface area contributed by atoms with E-state index in [4.69, 9.17) is 20.6 Å². The van der Waals surface area contributed by atoms with Crippen LogP contribution in [0.1, 0.15) is 30.9 Å². The highest BCUT2D eigenvalue weighted by atomic mass is 35.5. The Hall–Kier alpha value is -3.78. The molecule has 1 heterocycles. The number of piperidine rings is 1. The summed E-state index contributed by atoms with van der Waals surface area (Å²) in [5.74, 6) is -0.437. The van der Waals surface area contributed by atoms with E-state index in [-0.39, 0.29) is 55.6 Å². The third kappa shape index (κ3) is 8.88. The van der Waals surface area contributed by atoms with Gasteiger partial charge in [-0.2, -0.15) is 12.7 Å². The Morgan fingerprint density at radius 3 is 2.27 bits per heavy atom. The van der Waals surface area contributed by atoms with E-state index in [9.17, 15) is 18.0 Å². The molecule has 1 aliphatic heterocycles. The van der Waals surface area contributed by atoms with Gasteiger partial charge in [0.1, 0.15) is 24.2 Å². The molecule has 1 saturated heterocycles. The van der Waals surface area contributed by atoms with Crippen LogP contribution in [0.25, 0.3) is 10.8 Å². The molecule has 44 heavy (non-hydrogen) atoms. The van der Waals surface area contributed by atoms with Crippen LogP contribution in [0.4, 0.5) is 10.5 Å². The highest BCUT2D eigenvalue weighted by Crippen LogP contribution is 2.28. The molecule has 3 aromatic carbocycles. The van der Waals surface area contributed by atoms with Crippen molar-refractivity contribution in [2.24, 2.45) is 5.73 Å². The van der Waals surface area contributed by atoms with Gasteiger partial charge in [0.25, 0.3) is 0 Å². The van der Waals surface area contributed by atoms with Gasteiger partial charge in [-0.25, -0.2) is 9.10 Å². The third-order valence-corrected chi connectivity index (χ3v) is 8.52. The van der Waals surface area contributed by atoms with Crippen LogP contribution in [0.15, 0.2) is 60.7 Å². The van der Waals surface area contributed by atoms with Crippen LogP contribution >= 0.6 is 24.8 Å². The van der Waals surface area contributed by atoms with Crippen molar-refractivity contribution < 1.29 is 32.2 Å². The Morgan fingerprint density at radius 1 is 1.00 bits per heavy atom. The molecule has 0 spiro atoms. The smallest absolute Gasteiger partial charge is 0.425 e. The van der Waals surface area contributed by atoms with Crippen LogP contribution in [0.5, 0.6) is 5.75 Å². The summed E-state index contributed by atoms with van der Waals surface area (Å²) >= 11 is 0. The van der Waals surface area contributed by atoms with E-state index in [0.29, 0.717) is 21.2 Å². The molecule has 0 aliphatic carbocycles. The molecule has 0 radical (unpaired) electrons. The fraction of sp³-hybridized carbons (Fsp3) is 0.345. The molecule has 1 fully saturated rings. The molecule has 15 heteroatoms. The number of ether oxygens (including phenoxy) is 3. The first-order valence-corrected chi connectivity index (χ1v) is 14.9. The van der Waals surface area contributed by atoms with E-state index in [2.05, 4.69) is 10.1 Å². The quantitative estimate of drug-likeness (QED) is 0.156. The van der Waals surface area contributed by atoms with E-state index in [1.165, 1.54) is 6.92 Å². The van der Waals surface area contributed by atoms with Gasteiger partial charge in [-0.05, 0) is 85.6 Å². The summed E-state index contributed by atoms with van der Waals surface area (Å²) in [5.41, 5.74) is 7.02. The Labute approximate surface area is 269 Å². The largest absolute Gasteiger partial charge is 0.490 e. The van der Waals surface area contributed by atoms with Crippen LogP contribution in [-0.2, 0) is 31.0 Å². The molecule has 1 amide bonds. The number of anilines is 1. The normalized spacial score (nSPS) is 13.1. The minimum Gasteiger partial charge on any atom is -0.490 e. The molecule has 3 aromatic rings. The SMILES string of the molecule is CCOC(=O)N(CC(=O)OC)S(=O)(=O)N(Cc1ccc2ccc(C(=N)N)cc2c1)c1ccc(OC2CCNCC2)cc1.Cl.Cl. The molecule has 4 N–H and O–H groups in total. The van der Waals surface area contributed by atoms with Crippen LogP contribution in [0, 0.1) is 5.41 Å². The molecule has 0 atom stereocenters. The monoisotopic (exact) mass is 669 g/mol. The molecule has 240 valence electrons. The Bertz CT molecular complexity index is 1550. The van der Waals surface area contributed by atoms with E-state index < -0.39 is 28.8 Å². The molecular weight excluding hydrogens is 633 g/mol. The lowest BCUT2D eigenvalue weighted by molar-refractivity contribution is -0.140. The number of carbonyl (C=O) groups excluding carboxylic acids is 2. The maximum atomic E-state index is 14.1. The maximum Gasteiger partial charge on any atom is 0.425 e. The molecule has 0 saturated carbocycles. The van der Waals surface area contributed by atoms with E-state index >= 15 is 0 Å². The van der Waals surface area contributed by atoms with Crippen molar-refractivity contribution in [1.29, 1.82) is 5.41 Å². The van der Waals surface area contributed by atoms with Gasteiger partial charge in [-0.3, -0.25) is 10.2 Å². The Kier molecular flexibility index (Phi) is 13.5. The second-order valence-electron chi connectivity index (χ2n) is 9.67. The fourth-order valence-corrected chi connectivity index (χ4v) is 6.02. The summed E-state index contributed by atoms with van der Waals surface area (Å²) < 4.78 is 45.2. The van der Waals surface area contributed by atoms with E-state index in [1.54, 1.807) is 48.5 Å². The third-order valence-electron chi connectivity index (χ3n) is 6.78. The van der Waals surface area contributed by atoms with Gasteiger partial charge >= 0.3 is 22.3 Å². The standard InChI is InChI=1S/C29H35N5O7S.2ClH/c1-3-40-29(36)34(19-27(35)39-2)42(37,38)33(24-8-10-25(11-9-24)41-26-12-14-32-15-13-26)18-20-4-5-21-6-7-22(28(30)31)17-23(21)16-20;;/h4-11,16-17,26,32H,3,12-15,18-19H2,1-2H3,(H3,30,31);2*1H. The number of nitrogens with one attached hydrogen (secondary N) is 2. The summed E-state index contributed by atoms with van der Waals surface area (Å²) in [6.45, 7) is 2.09. The number of nitrogens with zero attached hydrogens (tertiary/aromatic N) is 2. The highest BCUT2D eigenvalue weighted by Gasteiger charge is 2.37. The zero-order valence-corrected chi connectivity index (χ0v) is 26.8. The lowest BCUT2D eigenvalue weighted by Gasteiger charge is -2.30. The number of amides is 1. The van der Waals surface area contributed by atoms with Crippen LogP contribution in [-0.4, -0.2) is 70.1 Å². The van der Waals surface area contributed by atoms with Crippen LogP contribution < -0.4 is 20.1 Å². The maximum absolute atomic E-state index is 14.1. The molecule has 0 bridgehead atoms. The zero-order chi connectivity index (χ0) is 30.3. The van der Waals surface area contributed by atoms with Gasteiger partial charge < -0.3 is 25.3 Å². The average molecular weight is 671 g/mol. The number of amidine groups is 1.